The third-order valence-corrected chi connectivity index (χ3v) is 5.57. The van der Waals surface area contributed by atoms with Crippen LogP contribution in [0.3, 0.4) is 0 Å². The van der Waals surface area contributed by atoms with E-state index in [1.165, 1.54) is 32.1 Å². The van der Waals surface area contributed by atoms with Crippen molar-refractivity contribution in [2.24, 2.45) is 5.41 Å². The van der Waals surface area contributed by atoms with Crippen LogP contribution in [0.4, 0.5) is 0 Å². The highest BCUT2D eigenvalue weighted by atomic mass is 16.5. The van der Waals surface area contributed by atoms with Crippen molar-refractivity contribution in [2.75, 3.05) is 19.7 Å². The standard InChI is InChI=1S/C18H36N2O/c1-6-11-19-17-16(9-8-10-18(17,4)5)20-12-14(3)21-13-15(20)7-2/h14-17,19H,6-13H2,1-5H3. The van der Waals surface area contributed by atoms with Gasteiger partial charge in [0.25, 0.3) is 0 Å². The van der Waals surface area contributed by atoms with Crippen molar-refractivity contribution in [2.45, 2.75) is 91.0 Å². The molecule has 4 atom stereocenters. The Morgan fingerprint density at radius 1 is 1.29 bits per heavy atom. The molecule has 2 aliphatic rings. The molecule has 1 aliphatic carbocycles. The molecule has 124 valence electrons. The fourth-order valence-corrected chi connectivity index (χ4v) is 4.31. The van der Waals surface area contributed by atoms with Gasteiger partial charge in [-0.15, -0.1) is 0 Å². The van der Waals surface area contributed by atoms with E-state index >= 15 is 0 Å². The van der Waals surface area contributed by atoms with Gasteiger partial charge in [0, 0.05) is 24.7 Å². The van der Waals surface area contributed by atoms with Crippen LogP contribution in [0, 0.1) is 5.41 Å². The lowest BCUT2D eigenvalue weighted by Crippen LogP contribution is -2.64. The summed E-state index contributed by atoms with van der Waals surface area (Å²) in [4.78, 5) is 2.78. The van der Waals surface area contributed by atoms with Gasteiger partial charge in [0.05, 0.1) is 12.7 Å². The zero-order chi connectivity index (χ0) is 15.5. The number of nitrogens with zero attached hydrogens (tertiary/aromatic N) is 1. The SMILES string of the molecule is CCCNC1C(N2CC(C)OCC2CC)CCCC1(C)C. The molecular weight excluding hydrogens is 260 g/mol. The van der Waals surface area contributed by atoms with E-state index < -0.39 is 0 Å². The Morgan fingerprint density at radius 2 is 2.05 bits per heavy atom. The van der Waals surface area contributed by atoms with Gasteiger partial charge in [0.1, 0.15) is 0 Å². The van der Waals surface area contributed by atoms with Crippen LogP contribution in [-0.2, 0) is 4.74 Å². The number of hydrogen-bond donors (Lipinski definition) is 1. The molecule has 4 unspecified atom stereocenters. The molecule has 1 saturated heterocycles. The first-order valence-electron chi connectivity index (χ1n) is 9.10. The number of nitrogens with one attached hydrogen (secondary N) is 1. The Labute approximate surface area is 131 Å². The number of rotatable bonds is 5. The molecule has 1 N–H and O–H groups in total. The van der Waals surface area contributed by atoms with E-state index in [1.54, 1.807) is 0 Å². The first kappa shape index (κ1) is 17.2. The average molecular weight is 296 g/mol. The third kappa shape index (κ3) is 4.00. The van der Waals surface area contributed by atoms with Crippen molar-refractivity contribution in [3.8, 4) is 0 Å². The van der Waals surface area contributed by atoms with Gasteiger partial charge in [-0.25, -0.2) is 0 Å². The van der Waals surface area contributed by atoms with Crippen LogP contribution < -0.4 is 5.32 Å². The molecule has 21 heavy (non-hydrogen) atoms. The molecule has 0 aromatic heterocycles. The van der Waals surface area contributed by atoms with E-state index in [0.717, 1.165) is 19.7 Å². The summed E-state index contributed by atoms with van der Waals surface area (Å²) in [5.41, 5.74) is 0.401. The van der Waals surface area contributed by atoms with E-state index in [1.807, 2.05) is 0 Å². The van der Waals surface area contributed by atoms with Crippen molar-refractivity contribution in [1.29, 1.82) is 0 Å². The van der Waals surface area contributed by atoms with E-state index in [-0.39, 0.29) is 0 Å². The fraction of sp³-hybridized carbons (Fsp3) is 1.00. The predicted octanol–water partition coefficient (Wildman–Crippen LogP) is 3.43. The molecule has 3 nitrogen and oxygen atoms in total. The lowest BCUT2D eigenvalue weighted by molar-refractivity contribution is -0.0929. The summed E-state index contributed by atoms with van der Waals surface area (Å²) in [5, 5.41) is 3.89. The minimum absolute atomic E-state index is 0.379. The van der Waals surface area contributed by atoms with Gasteiger partial charge in [-0.05, 0) is 44.6 Å². The van der Waals surface area contributed by atoms with Crippen LogP contribution in [0.15, 0.2) is 0 Å². The molecule has 2 fully saturated rings. The molecule has 0 amide bonds. The Hall–Kier alpha value is -0.120. The monoisotopic (exact) mass is 296 g/mol. The summed E-state index contributed by atoms with van der Waals surface area (Å²) < 4.78 is 5.91. The zero-order valence-corrected chi connectivity index (χ0v) is 14.8. The van der Waals surface area contributed by atoms with Gasteiger partial charge < -0.3 is 10.1 Å². The van der Waals surface area contributed by atoms with Crippen LogP contribution in [0.1, 0.15) is 66.7 Å². The van der Waals surface area contributed by atoms with Crippen LogP contribution in [0.2, 0.25) is 0 Å². The smallest absolute Gasteiger partial charge is 0.0674 e. The molecule has 0 radical (unpaired) electrons. The highest BCUT2D eigenvalue weighted by molar-refractivity contribution is 5.00. The molecule has 1 saturated carbocycles. The molecule has 0 aromatic carbocycles. The fourth-order valence-electron chi connectivity index (χ4n) is 4.31. The van der Waals surface area contributed by atoms with Gasteiger partial charge in [-0.2, -0.15) is 0 Å². The largest absolute Gasteiger partial charge is 0.376 e. The highest BCUT2D eigenvalue weighted by Crippen LogP contribution is 2.39. The Balaban J connectivity index is 2.16. The maximum atomic E-state index is 5.91. The topological polar surface area (TPSA) is 24.5 Å². The summed E-state index contributed by atoms with van der Waals surface area (Å²) in [5.74, 6) is 0. The Bertz CT molecular complexity index is 318. The van der Waals surface area contributed by atoms with Crippen molar-refractivity contribution in [1.82, 2.24) is 10.2 Å². The molecular formula is C18H36N2O. The molecule has 2 rings (SSSR count). The number of ether oxygens (including phenoxy) is 1. The second kappa shape index (κ2) is 7.43. The lowest BCUT2D eigenvalue weighted by Gasteiger charge is -2.52. The number of morpholine rings is 1. The zero-order valence-electron chi connectivity index (χ0n) is 14.8. The first-order chi connectivity index (χ1) is 9.99. The summed E-state index contributed by atoms with van der Waals surface area (Å²) in [6, 6.07) is 1.90. The third-order valence-electron chi connectivity index (χ3n) is 5.57. The van der Waals surface area contributed by atoms with Crippen molar-refractivity contribution in [3.05, 3.63) is 0 Å². The molecule has 0 spiro atoms. The number of hydrogen-bond acceptors (Lipinski definition) is 3. The van der Waals surface area contributed by atoms with E-state index in [2.05, 4.69) is 44.8 Å². The first-order valence-corrected chi connectivity index (χ1v) is 9.10. The van der Waals surface area contributed by atoms with Crippen LogP contribution in [0.5, 0.6) is 0 Å². The second-order valence-electron chi connectivity index (χ2n) is 7.78. The Kier molecular flexibility index (Phi) is 6.10. The van der Waals surface area contributed by atoms with Gasteiger partial charge >= 0.3 is 0 Å². The second-order valence-corrected chi connectivity index (χ2v) is 7.78. The maximum absolute atomic E-state index is 5.91. The molecule has 0 bridgehead atoms. The van der Waals surface area contributed by atoms with Gasteiger partial charge in [-0.3, -0.25) is 4.90 Å². The summed E-state index contributed by atoms with van der Waals surface area (Å²) in [6.07, 6.45) is 6.85. The van der Waals surface area contributed by atoms with Crippen LogP contribution >= 0.6 is 0 Å². The van der Waals surface area contributed by atoms with Crippen molar-refractivity contribution in [3.63, 3.8) is 0 Å². The molecule has 3 heteroatoms. The van der Waals surface area contributed by atoms with Gasteiger partial charge in [-0.1, -0.05) is 34.1 Å². The summed E-state index contributed by atoms with van der Waals surface area (Å²) in [7, 11) is 0. The molecule has 0 aromatic rings. The van der Waals surface area contributed by atoms with E-state index in [0.29, 0.717) is 29.6 Å². The van der Waals surface area contributed by atoms with Crippen molar-refractivity contribution < 1.29 is 4.74 Å². The van der Waals surface area contributed by atoms with Crippen LogP contribution in [0.25, 0.3) is 0 Å². The normalized spacial score (nSPS) is 37.6. The molecule has 1 heterocycles. The van der Waals surface area contributed by atoms with Gasteiger partial charge in [0.2, 0.25) is 0 Å². The van der Waals surface area contributed by atoms with E-state index in [4.69, 9.17) is 4.74 Å². The minimum Gasteiger partial charge on any atom is -0.376 e. The van der Waals surface area contributed by atoms with Crippen LogP contribution in [-0.4, -0.2) is 48.8 Å². The summed E-state index contributed by atoms with van der Waals surface area (Å²) >= 11 is 0. The molecule has 1 aliphatic heterocycles. The minimum atomic E-state index is 0.379. The highest BCUT2D eigenvalue weighted by Gasteiger charge is 2.43. The summed E-state index contributed by atoms with van der Waals surface area (Å²) in [6.45, 7) is 14.9. The maximum Gasteiger partial charge on any atom is 0.0674 e. The predicted molar refractivity (Wildman–Crippen MR) is 89.7 cm³/mol. The average Bonchev–Trinajstić information content (AvgIpc) is 2.45. The Morgan fingerprint density at radius 3 is 2.71 bits per heavy atom. The lowest BCUT2D eigenvalue weighted by atomic mass is 9.70. The van der Waals surface area contributed by atoms with Gasteiger partial charge in [0.15, 0.2) is 0 Å². The quantitative estimate of drug-likeness (QED) is 0.841. The van der Waals surface area contributed by atoms with Crippen molar-refractivity contribution >= 4 is 0 Å². The van der Waals surface area contributed by atoms with E-state index in [9.17, 15) is 0 Å².